The molecular formula is C20H25FN4O7S2. The summed E-state index contributed by atoms with van der Waals surface area (Å²) in [6.45, 7) is 4.45. The van der Waals surface area contributed by atoms with E-state index in [2.05, 4.69) is 14.8 Å². The van der Waals surface area contributed by atoms with Crippen LogP contribution in [0.3, 0.4) is 0 Å². The molecule has 0 aromatic heterocycles. The quantitative estimate of drug-likeness (QED) is 0.439. The molecule has 1 unspecified atom stereocenters. The molecule has 0 saturated heterocycles. The summed E-state index contributed by atoms with van der Waals surface area (Å²) >= 11 is 0. The maximum absolute atomic E-state index is 13.4. The molecule has 2 aromatic rings. The van der Waals surface area contributed by atoms with Gasteiger partial charge in [-0.05, 0) is 63.2 Å². The molecule has 1 amide bonds. The summed E-state index contributed by atoms with van der Waals surface area (Å²) in [5.74, 6) is -0.520. The van der Waals surface area contributed by atoms with Gasteiger partial charge in [0.25, 0.3) is 20.2 Å². The van der Waals surface area contributed by atoms with Crippen molar-refractivity contribution in [1.29, 1.82) is 0 Å². The van der Waals surface area contributed by atoms with Crippen LogP contribution in [-0.4, -0.2) is 52.8 Å². The zero-order valence-electron chi connectivity index (χ0n) is 18.6. The van der Waals surface area contributed by atoms with Crippen LogP contribution in [0.5, 0.6) is 5.75 Å². The van der Waals surface area contributed by atoms with Gasteiger partial charge in [0.2, 0.25) is 0 Å². The Morgan fingerprint density at radius 1 is 1.15 bits per heavy atom. The normalized spacial score (nSPS) is 16.5. The Kier molecular flexibility index (Phi) is 7.07. The Hall–Kier alpha value is -2.94. The SMILES string of the molecule is CC(C)(C)NS(=O)(=O)NCC1CN(S(=O)(=O)c2ccc(F)cc2)c2cc(NC(=O)O)ccc2O1. The lowest BCUT2D eigenvalue weighted by atomic mass is 10.1. The lowest BCUT2D eigenvalue weighted by Gasteiger charge is -2.36. The topological polar surface area (TPSA) is 154 Å². The fraction of sp³-hybridized carbons (Fsp3) is 0.350. The van der Waals surface area contributed by atoms with Crippen LogP contribution in [0, 0.1) is 5.82 Å². The molecule has 1 heterocycles. The maximum atomic E-state index is 13.4. The molecule has 186 valence electrons. The van der Waals surface area contributed by atoms with E-state index in [4.69, 9.17) is 9.84 Å². The second-order valence-corrected chi connectivity index (χ2v) is 11.9. The molecule has 3 rings (SSSR count). The summed E-state index contributed by atoms with van der Waals surface area (Å²) in [6.07, 6.45) is -2.26. The molecule has 2 aromatic carbocycles. The monoisotopic (exact) mass is 516 g/mol. The van der Waals surface area contributed by atoms with Crippen molar-refractivity contribution in [2.75, 3.05) is 22.7 Å². The molecule has 1 aliphatic heterocycles. The predicted octanol–water partition coefficient (Wildman–Crippen LogP) is 2.09. The summed E-state index contributed by atoms with van der Waals surface area (Å²) < 4.78 is 76.3. The van der Waals surface area contributed by atoms with Gasteiger partial charge in [-0.1, -0.05) is 0 Å². The molecule has 0 aliphatic carbocycles. The number of ether oxygens (including phenoxy) is 1. The van der Waals surface area contributed by atoms with E-state index < -0.39 is 43.8 Å². The first-order valence-corrected chi connectivity index (χ1v) is 13.0. The minimum absolute atomic E-state index is 0.0440. The van der Waals surface area contributed by atoms with Gasteiger partial charge in [0, 0.05) is 11.2 Å². The predicted molar refractivity (Wildman–Crippen MR) is 123 cm³/mol. The van der Waals surface area contributed by atoms with Gasteiger partial charge in [0.05, 0.1) is 23.7 Å². The van der Waals surface area contributed by atoms with Gasteiger partial charge in [-0.25, -0.2) is 17.6 Å². The number of amides is 1. The third kappa shape index (κ3) is 6.34. The molecule has 0 fully saturated rings. The van der Waals surface area contributed by atoms with E-state index in [0.29, 0.717) is 0 Å². The van der Waals surface area contributed by atoms with Crippen LogP contribution >= 0.6 is 0 Å². The lowest BCUT2D eigenvalue weighted by Crippen LogP contribution is -2.52. The molecule has 11 nitrogen and oxygen atoms in total. The number of benzene rings is 2. The summed E-state index contributed by atoms with van der Waals surface area (Å²) in [4.78, 5) is 10.8. The van der Waals surface area contributed by atoms with Gasteiger partial charge in [-0.2, -0.15) is 17.9 Å². The molecule has 0 spiro atoms. The van der Waals surface area contributed by atoms with Gasteiger partial charge in [-0.15, -0.1) is 0 Å². The van der Waals surface area contributed by atoms with Crippen LogP contribution in [0.25, 0.3) is 0 Å². The number of fused-ring (bicyclic) bond motifs is 1. The van der Waals surface area contributed by atoms with Crippen LogP contribution in [-0.2, 0) is 20.2 Å². The minimum Gasteiger partial charge on any atom is -0.485 e. The largest absolute Gasteiger partial charge is 0.485 e. The van der Waals surface area contributed by atoms with Crippen molar-refractivity contribution < 1.29 is 35.9 Å². The second-order valence-electron chi connectivity index (χ2n) is 8.55. The number of nitrogens with one attached hydrogen (secondary N) is 3. The Bertz CT molecular complexity index is 1280. The molecule has 0 bridgehead atoms. The highest BCUT2D eigenvalue weighted by Gasteiger charge is 2.35. The Balaban J connectivity index is 1.95. The fourth-order valence-electron chi connectivity index (χ4n) is 3.22. The molecule has 0 radical (unpaired) electrons. The first-order valence-electron chi connectivity index (χ1n) is 10.0. The number of carboxylic acid groups (broad SMARTS) is 1. The van der Waals surface area contributed by atoms with E-state index in [0.717, 1.165) is 28.6 Å². The van der Waals surface area contributed by atoms with Crippen molar-refractivity contribution in [3.05, 3.63) is 48.3 Å². The first kappa shape index (κ1) is 25.7. The number of carbonyl (C=O) groups is 1. The molecule has 1 aliphatic rings. The van der Waals surface area contributed by atoms with Gasteiger partial charge in [0.1, 0.15) is 17.7 Å². The van der Waals surface area contributed by atoms with E-state index in [1.807, 2.05) is 0 Å². The van der Waals surface area contributed by atoms with Crippen LogP contribution in [0.4, 0.5) is 20.6 Å². The minimum atomic E-state index is -4.23. The van der Waals surface area contributed by atoms with Gasteiger partial charge in [0.15, 0.2) is 0 Å². The smallest absolute Gasteiger partial charge is 0.409 e. The third-order valence-electron chi connectivity index (χ3n) is 4.49. The highest BCUT2D eigenvalue weighted by atomic mass is 32.2. The third-order valence-corrected chi connectivity index (χ3v) is 7.71. The summed E-state index contributed by atoms with van der Waals surface area (Å²) in [7, 11) is -8.15. The number of rotatable bonds is 7. The van der Waals surface area contributed by atoms with E-state index in [1.165, 1.54) is 18.2 Å². The summed E-state index contributed by atoms with van der Waals surface area (Å²) in [5.41, 5.74) is -0.595. The number of halogens is 1. The zero-order chi connectivity index (χ0) is 25.3. The molecule has 4 N–H and O–H groups in total. The van der Waals surface area contributed by atoms with Crippen molar-refractivity contribution in [1.82, 2.24) is 9.44 Å². The van der Waals surface area contributed by atoms with Crippen molar-refractivity contribution in [3.8, 4) is 5.75 Å². The highest BCUT2D eigenvalue weighted by molar-refractivity contribution is 7.92. The van der Waals surface area contributed by atoms with Gasteiger partial charge >= 0.3 is 6.09 Å². The van der Waals surface area contributed by atoms with Crippen LogP contribution in [0.2, 0.25) is 0 Å². The Morgan fingerprint density at radius 2 is 1.79 bits per heavy atom. The van der Waals surface area contributed by atoms with E-state index in [1.54, 1.807) is 20.8 Å². The first-order chi connectivity index (χ1) is 15.7. The molecule has 1 atom stereocenters. The zero-order valence-corrected chi connectivity index (χ0v) is 20.2. The van der Waals surface area contributed by atoms with Crippen LogP contribution in [0.15, 0.2) is 47.4 Å². The van der Waals surface area contributed by atoms with Crippen LogP contribution < -0.4 is 23.8 Å². The molecular weight excluding hydrogens is 491 g/mol. The molecule has 14 heteroatoms. The fourth-order valence-corrected chi connectivity index (χ4v) is 6.01. The van der Waals surface area contributed by atoms with Crippen LogP contribution in [0.1, 0.15) is 20.8 Å². The van der Waals surface area contributed by atoms with E-state index >= 15 is 0 Å². The van der Waals surface area contributed by atoms with E-state index in [-0.39, 0.29) is 35.1 Å². The Labute approximate surface area is 197 Å². The van der Waals surface area contributed by atoms with E-state index in [9.17, 15) is 26.0 Å². The van der Waals surface area contributed by atoms with Gasteiger partial charge in [-0.3, -0.25) is 9.62 Å². The van der Waals surface area contributed by atoms with Crippen molar-refractivity contribution >= 4 is 37.7 Å². The number of hydrogen-bond donors (Lipinski definition) is 4. The number of sulfonamides is 1. The van der Waals surface area contributed by atoms with Crippen molar-refractivity contribution in [2.24, 2.45) is 0 Å². The maximum Gasteiger partial charge on any atom is 0.409 e. The summed E-state index contributed by atoms with van der Waals surface area (Å²) in [6, 6.07) is 8.24. The van der Waals surface area contributed by atoms with Crippen molar-refractivity contribution in [2.45, 2.75) is 37.3 Å². The van der Waals surface area contributed by atoms with Crippen molar-refractivity contribution in [3.63, 3.8) is 0 Å². The standard InChI is InChI=1S/C20H25FN4O7S2/c1-20(2,3)24-34(30,31)22-11-15-12-25(33(28,29)16-7-4-13(21)5-8-16)17-10-14(23-19(26)27)6-9-18(17)32-15/h4-10,15,22-24H,11-12H2,1-3H3,(H,26,27). The average molecular weight is 517 g/mol. The number of anilines is 2. The second kappa shape index (κ2) is 9.37. The number of nitrogens with zero attached hydrogens (tertiary/aromatic N) is 1. The average Bonchev–Trinajstić information content (AvgIpc) is 2.70. The highest BCUT2D eigenvalue weighted by Crippen LogP contribution is 2.39. The summed E-state index contributed by atoms with van der Waals surface area (Å²) in [5, 5.41) is 11.1. The Morgan fingerprint density at radius 3 is 2.38 bits per heavy atom. The molecule has 34 heavy (non-hydrogen) atoms. The van der Waals surface area contributed by atoms with Gasteiger partial charge < -0.3 is 9.84 Å². The molecule has 0 saturated carbocycles. The number of hydrogen-bond acceptors (Lipinski definition) is 6. The lowest BCUT2D eigenvalue weighted by molar-refractivity contribution is 0.203.